The smallest absolute Gasteiger partial charge is 0.172 e. The van der Waals surface area contributed by atoms with Gasteiger partial charge in [0.1, 0.15) is 17.3 Å². The Labute approximate surface area is 186 Å². The number of hydrogen-bond acceptors (Lipinski definition) is 4. The molecule has 3 aromatic rings. The Hall–Kier alpha value is -3.73. The van der Waals surface area contributed by atoms with E-state index in [-0.39, 0.29) is 17.1 Å². The molecule has 3 aromatic carbocycles. The van der Waals surface area contributed by atoms with Crippen LogP contribution in [0.25, 0.3) is 28.5 Å². The standard InChI is InChI=1S/C27H24FNO3/c1-15-14-27(2,3)29-19-10-9-17-24(23(15)19)22(13-16-7-5-6-8-18(16)28)32-21-12-11-20(30)26(31-4)25(17)21/h5-14,29-30H,1-4H3/b22-13-. The average Bonchev–Trinajstić information content (AvgIpc) is 2.74. The van der Waals surface area contributed by atoms with Gasteiger partial charge in [-0.3, -0.25) is 0 Å². The minimum Gasteiger partial charge on any atom is -0.504 e. The molecule has 5 heteroatoms. The van der Waals surface area contributed by atoms with Crippen LogP contribution in [0, 0.1) is 5.82 Å². The molecule has 0 bridgehead atoms. The summed E-state index contributed by atoms with van der Waals surface area (Å²) in [6.07, 6.45) is 3.90. The number of methoxy groups -OCH3 is 1. The zero-order chi connectivity index (χ0) is 22.6. The maximum absolute atomic E-state index is 14.5. The quantitative estimate of drug-likeness (QED) is 0.476. The van der Waals surface area contributed by atoms with Gasteiger partial charge >= 0.3 is 0 Å². The summed E-state index contributed by atoms with van der Waals surface area (Å²) in [7, 11) is 1.52. The van der Waals surface area contributed by atoms with Gasteiger partial charge in [0.05, 0.1) is 18.2 Å². The zero-order valence-corrected chi connectivity index (χ0v) is 18.4. The van der Waals surface area contributed by atoms with Crippen molar-refractivity contribution in [2.45, 2.75) is 26.3 Å². The molecule has 0 aliphatic carbocycles. The number of anilines is 1. The molecule has 2 aliphatic heterocycles. The minimum atomic E-state index is -0.324. The highest BCUT2D eigenvalue weighted by Crippen LogP contribution is 2.54. The predicted molar refractivity (Wildman–Crippen MR) is 126 cm³/mol. The number of benzene rings is 3. The van der Waals surface area contributed by atoms with Gasteiger partial charge in [0.25, 0.3) is 0 Å². The molecule has 162 valence electrons. The summed E-state index contributed by atoms with van der Waals surface area (Å²) in [5.74, 6) is 1.14. The monoisotopic (exact) mass is 429 g/mol. The molecule has 4 nitrogen and oxygen atoms in total. The molecule has 2 aliphatic rings. The van der Waals surface area contributed by atoms with Gasteiger partial charge in [-0.15, -0.1) is 0 Å². The third kappa shape index (κ3) is 3.12. The molecule has 0 saturated carbocycles. The van der Waals surface area contributed by atoms with E-state index in [2.05, 4.69) is 32.2 Å². The molecule has 0 atom stereocenters. The first-order valence-corrected chi connectivity index (χ1v) is 10.5. The van der Waals surface area contributed by atoms with Crippen molar-refractivity contribution in [1.29, 1.82) is 0 Å². The molecule has 32 heavy (non-hydrogen) atoms. The third-order valence-electron chi connectivity index (χ3n) is 5.86. The Bertz CT molecular complexity index is 1320. The first-order valence-electron chi connectivity index (χ1n) is 10.5. The second kappa shape index (κ2) is 7.16. The van der Waals surface area contributed by atoms with Crippen molar-refractivity contribution in [3.05, 3.63) is 77.1 Å². The van der Waals surface area contributed by atoms with Gasteiger partial charge in [0, 0.05) is 27.9 Å². The van der Waals surface area contributed by atoms with E-state index in [9.17, 15) is 9.50 Å². The van der Waals surface area contributed by atoms with E-state index in [1.165, 1.54) is 19.2 Å². The van der Waals surface area contributed by atoms with Crippen molar-refractivity contribution in [1.82, 2.24) is 0 Å². The van der Waals surface area contributed by atoms with E-state index in [4.69, 9.17) is 9.47 Å². The minimum absolute atomic E-state index is 0.0339. The molecule has 0 aromatic heterocycles. The van der Waals surface area contributed by atoms with Crippen molar-refractivity contribution in [3.8, 4) is 28.4 Å². The van der Waals surface area contributed by atoms with Gasteiger partial charge < -0.3 is 19.9 Å². The van der Waals surface area contributed by atoms with Crippen LogP contribution in [0.4, 0.5) is 10.1 Å². The maximum Gasteiger partial charge on any atom is 0.172 e. The van der Waals surface area contributed by atoms with Gasteiger partial charge in [-0.1, -0.05) is 30.3 Å². The van der Waals surface area contributed by atoms with Gasteiger partial charge in [-0.2, -0.15) is 0 Å². The fraction of sp³-hybridized carbons (Fsp3) is 0.185. The van der Waals surface area contributed by atoms with Crippen LogP contribution in [0.3, 0.4) is 0 Å². The number of phenolic OH excluding ortho intramolecular Hbond substituents is 1. The Morgan fingerprint density at radius 2 is 1.81 bits per heavy atom. The fourth-order valence-electron chi connectivity index (χ4n) is 4.68. The number of fused-ring (bicyclic) bond motifs is 5. The van der Waals surface area contributed by atoms with Crippen LogP contribution < -0.4 is 14.8 Å². The van der Waals surface area contributed by atoms with Crippen LogP contribution in [0.5, 0.6) is 17.2 Å². The molecular weight excluding hydrogens is 405 g/mol. The summed E-state index contributed by atoms with van der Waals surface area (Å²) in [5.41, 5.74) is 5.64. The number of phenols is 1. The lowest BCUT2D eigenvalue weighted by Crippen LogP contribution is -2.32. The fourth-order valence-corrected chi connectivity index (χ4v) is 4.68. The SMILES string of the molecule is COc1c(O)ccc2c1-c1ccc3c(c1/C(=C/c1ccccc1F)O2)C(C)=CC(C)(C)N3. The lowest BCUT2D eigenvalue weighted by Gasteiger charge is -2.35. The molecule has 0 radical (unpaired) electrons. The van der Waals surface area contributed by atoms with E-state index in [0.717, 1.165) is 28.0 Å². The molecule has 0 saturated heterocycles. The molecule has 0 amide bonds. The number of aromatic hydroxyl groups is 1. The van der Waals surface area contributed by atoms with Crippen LogP contribution in [-0.2, 0) is 0 Å². The Kier molecular flexibility index (Phi) is 4.52. The lowest BCUT2D eigenvalue weighted by atomic mass is 9.83. The Morgan fingerprint density at radius 3 is 2.56 bits per heavy atom. The molecule has 0 unspecified atom stereocenters. The second-order valence-corrected chi connectivity index (χ2v) is 8.71. The van der Waals surface area contributed by atoms with Crippen molar-refractivity contribution in [3.63, 3.8) is 0 Å². The lowest BCUT2D eigenvalue weighted by molar-refractivity contribution is 0.371. The van der Waals surface area contributed by atoms with Crippen molar-refractivity contribution in [2.75, 3.05) is 12.4 Å². The highest BCUT2D eigenvalue weighted by atomic mass is 19.1. The van der Waals surface area contributed by atoms with E-state index in [1.54, 1.807) is 30.3 Å². The van der Waals surface area contributed by atoms with Crippen molar-refractivity contribution >= 4 is 23.1 Å². The Balaban J connectivity index is 1.85. The molecule has 2 N–H and O–H groups in total. The van der Waals surface area contributed by atoms with Gasteiger partial charge in [-0.25, -0.2) is 4.39 Å². The van der Waals surface area contributed by atoms with Crippen LogP contribution >= 0.6 is 0 Å². The second-order valence-electron chi connectivity index (χ2n) is 8.71. The number of hydrogen-bond donors (Lipinski definition) is 2. The summed E-state index contributed by atoms with van der Waals surface area (Å²) >= 11 is 0. The van der Waals surface area contributed by atoms with Crippen LogP contribution in [0.15, 0.2) is 54.6 Å². The summed E-state index contributed by atoms with van der Waals surface area (Å²) in [6.45, 7) is 6.29. The van der Waals surface area contributed by atoms with Gasteiger partial charge in [0.2, 0.25) is 0 Å². The number of allylic oxidation sites excluding steroid dienone is 1. The average molecular weight is 429 g/mol. The van der Waals surface area contributed by atoms with Crippen LogP contribution in [0.2, 0.25) is 0 Å². The largest absolute Gasteiger partial charge is 0.504 e. The van der Waals surface area contributed by atoms with Crippen molar-refractivity contribution < 1.29 is 19.0 Å². The zero-order valence-electron chi connectivity index (χ0n) is 18.4. The van der Waals surface area contributed by atoms with E-state index in [0.29, 0.717) is 28.4 Å². The highest BCUT2D eigenvalue weighted by Gasteiger charge is 2.33. The first-order chi connectivity index (χ1) is 15.3. The van der Waals surface area contributed by atoms with Gasteiger partial charge in [-0.05, 0) is 56.7 Å². The normalized spacial score (nSPS) is 16.8. The highest BCUT2D eigenvalue weighted by molar-refractivity contribution is 6.02. The summed E-state index contributed by atoms with van der Waals surface area (Å²) in [4.78, 5) is 0. The van der Waals surface area contributed by atoms with Crippen LogP contribution in [-0.4, -0.2) is 17.8 Å². The summed E-state index contributed by atoms with van der Waals surface area (Å²) in [6, 6.07) is 13.9. The molecule has 5 rings (SSSR count). The Morgan fingerprint density at radius 1 is 1.03 bits per heavy atom. The van der Waals surface area contributed by atoms with Crippen molar-refractivity contribution in [2.24, 2.45) is 0 Å². The molecule has 2 heterocycles. The number of nitrogens with one attached hydrogen (secondary N) is 1. The first kappa shape index (κ1) is 20.2. The molecule has 0 fully saturated rings. The van der Waals surface area contributed by atoms with E-state index < -0.39 is 0 Å². The topological polar surface area (TPSA) is 50.7 Å². The summed E-state index contributed by atoms with van der Waals surface area (Å²) in [5, 5.41) is 14.0. The number of halogens is 1. The molecule has 0 spiro atoms. The van der Waals surface area contributed by atoms with E-state index in [1.807, 2.05) is 12.1 Å². The number of ether oxygens (including phenoxy) is 2. The van der Waals surface area contributed by atoms with E-state index >= 15 is 0 Å². The summed E-state index contributed by atoms with van der Waals surface area (Å²) < 4.78 is 26.4. The maximum atomic E-state index is 14.5. The predicted octanol–water partition coefficient (Wildman–Crippen LogP) is 6.70. The third-order valence-corrected chi connectivity index (χ3v) is 5.86. The van der Waals surface area contributed by atoms with Crippen LogP contribution in [0.1, 0.15) is 37.5 Å². The number of rotatable bonds is 2. The van der Waals surface area contributed by atoms with Gasteiger partial charge in [0.15, 0.2) is 11.5 Å². The molecular formula is C27H24FNO3.